The van der Waals surface area contributed by atoms with Crippen molar-refractivity contribution in [3.8, 4) is 5.69 Å². The van der Waals surface area contributed by atoms with Crippen molar-refractivity contribution in [2.75, 3.05) is 0 Å². The van der Waals surface area contributed by atoms with Gasteiger partial charge in [0, 0.05) is 32.6 Å². The van der Waals surface area contributed by atoms with Crippen molar-refractivity contribution >= 4 is 77.4 Å². The lowest BCUT2D eigenvalue weighted by Crippen LogP contribution is -2.15. The second-order valence-electron chi connectivity index (χ2n) is 12.9. The van der Waals surface area contributed by atoms with Crippen LogP contribution in [0.1, 0.15) is 22.9 Å². The Bertz CT molecular complexity index is 3060. The van der Waals surface area contributed by atoms with Crippen LogP contribution in [-0.2, 0) is 0 Å². The molecule has 1 aliphatic heterocycles. The molecular formula is C45H27N4O2-. The molecule has 4 heterocycles. The highest BCUT2D eigenvalue weighted by atomic mass is 16.3. The van der Waals surface area contributed by atoms with Crippen LogP contribution in [0.25, 0.3) is 76.7 Å². The second kappa shape index (κ2) is 10.8. The van der Waals surface area contributed by atoms with E-state index in [-0.39, 0.29) is 0 Å². The molecule has 1 aliphatic rings. The third-order valence-electron chi connectivity index (χ3n) is 9.98. The summed E-state index contributed by atoms with van der Waals surface area (Å²) in [6.07, 6.45) is -0.394. The van der Waals surface area contributed by atoms with Gasteiger partial charge in [0.15, 0.2) is 0 Å². The minimum absolute atomic E-state index is 0.394. The normalized spacial score (nSPS) is 14.9. The zero-order chi connectivity index (χ0) is 33.5. The van der Waals surface area contributed by atoms with Gasteiger partial charge in [0.2, 0.25) is 0 Å². The smallest absolute Gasteiger partial charge is 0.145 e. The zero-order valence-electron chi connectivity index (χ0n) is 27.2. The number of furan rings is 2. The minimum atomic E-state index is -0.394. The third-order valence-corrected chi connectivity index (χ3v) is 9.98. The van der Waals surface area contributed by atoms with Crippen LogP contribution in [0.3, 0.4) is 0 Å². The molecule has 0 fully saturated rings. The molecule has 0 spiro atoms. The van der Waals surface area contributed by atoms with Crippen LogP contribution in [-0.4, -0.2) is 16.2 Å². The Kier molecular flexibility index (Phi) is 5.92. The average Bonchev–Trinajstić information content (AvgIpc) is 3.87. The molecule has 7 aromatic carbocycles. The fourth-order valence-corrected chi connectivity index (χ4v) is 7.61. The number of amidine groups is 2. The standard InChI is InChI=1S/C45H27N4O2/c1-3-11-27(12-4-1)43-46-44(28-13-5-2-6-14-28)48-45(47-43)29-19-21-32-35-26-30(20-24-39(35)50-40(32)25-29)49-36-17-9-7-16-34(36)41-37(49)23-22-33-31-15-8-10-18-38(31)51-42(33)41/h1-26,43H/q-1. The number of aromatic nitrogens is 1. The van der Waals surface area contributed by atoms with Crippen LogP contribution in [0.15, 0.2) is 177 Å². The largest absolute Gasteiger partial charge is 0.456 e. The number of hydrogen-bond acceptors (Lipinski definition) is 4. The Balaban J connectivity index is 1.05. The monoisotopic (exact) mass is 655 g/mol. The first-order chi connectivity index (χ1) is 25.3. The quantitative estimate of drug-likeness (QED) is 0.189. The summed E-state index contributed by atoms with van der Waals surface area (Å²) in [4.78, 5) is 9.88. The van der Waals surface area contributed by atoms with E-state index in [4.69, 9.17) is 24.1 Å². The van der Waals surface area contributed by atoms with Crippen molar-refractivity contribution < 1.29 is 8.83 Å². The molecule has 6 heteroatoms. The van der Waals surface area contributed by atoms with Gasteiger partial charge in [-0.2, -0.15) is 0 Å². The molecule has 0 aliphatic carbocycles. The van der Waals surface area contributed by atoms with Crippen molar-refractivity contribution in [3.63, 3.8) is 0 Å². The number of nitrogens with zero attached hydrogens (tertiary/aromatic N) is 4. The topological polar surface area (TPSA) is 70.0 Å². The fourth-order valence-electron chi connectivity index (χ4n) is 7.61. The van der Waals surface area contributed by atoms with Crippen molar-refractivity contribution in [2.24, 2.45) is 9.98 Å². The number of rotatable bonds is 4. The van der Waals surface area contributed by atoms with Gasteiger partial charge in [-0.1, -0.05) is 109 Å². The van der Waals surface area contributed by atoms with Gasteiger partial charge in [-0.15, -0.1) is 0 Å². The van der Waals surface area contributed by atoms with Crippen molar-refractivity contribution in [1.29, 1.82) is 0 Å². The van der Waals surface area contributed by atoms with E-state index < -0.39 is 6.17 Å². The Morgan fingerprint density at radius 2 is 1.24 bits per heavy atom. The van der Waals surface area contributed by atoms with Gasteiger partial charge in [-0.05, 0) is 71.3 Å². The SMILES string of the molecule is c1ccc(C2=NC(c3ccccc3)[N-]C(c3ccc4c(c3)oc3ccc(-n5c6ccccc6c6c7oc8ccccc8c7ccc65)cc34)=N2)cc1. The van der Waals surface area contributed by atoms with E-state index in [0.717, 1.165) is 88.1 Å². The number of aliphatic imine (C=N–C) groups is 2. The van der Waals surface area contributed by atoms with Gasteiger partial charge < -0.3 is 23.7 Å². The maximum absolute atomic E-state index is 6.51. The highest BCUT2D eigenvalue weighted by Crippen LogP contribution is 2.41. The first-order valence-corrected chi connectivity index (χ1v) is 17.0. The molecule has 0 saturated carbocycles. The van der Waals surface area contributed by atoms with Crippen LogP contribution in [0.5, 0.6) is 0 Å². The van der Waals surface area contributed by atoms with E-state index in [1.54, 1.807) is 0 Å². The van der Waals surface area contributed by atoms with E-state index in [9.17, 15) is 0 Å². The summed E-state index contributed by atoms with van der Waals surface area (Å²) in [5.41, 5.74) is 9.53. The Morgan fingerprint density at radius 3 is 2.12 bits per heavy atom. The number of hydrogen-bond donors (Lipinski definition) is 0. The molecule has 240 valence electrons. The van der Waals surface area contributed by atoms with Crippen LogP contribution in [0, 0.1) is 0 Å². The summed E-state index contributed by atoms with van der Waals surface area (Å²) in [7, 11) is 0. The third kappa shape index (κ3) is 4.30. The molecule has 1 unspecified atom stereocenters. The summed E-state index contributed by atoms with van der Waals surface area (Å²) < 4.78 is 15.3. The number of para-hydroxylation sites is 2. The highest BCUT2D eigenvalue weighted by molar-refractivity contribution is 6.24. The van der Waals surface area contributed by atoms with Crippen LogP contribution < -0.4 is 0 Å². The van der Waals surface area contributed by atoms with E-state index in [1.165, 1.54) is 0 Å². The Morgan fingerprint density at radius 1 is 0.510 bits per heavy atom. The Labute approximate surface area is 291 Å². The van der Waals surface area contributed by atoms with Crippen LogP contribution in [0.4, 0.5) is 0 Å². The van der Waals surface area contributed by atoms with Crippen molar-refractivity contribution in [3.05, 3.63) is 180 Å². The Hall–Kier alpha value is -6.92. The minimum Gasteiger partial charge on any atom is -0.456 e. The summed E-state index contributed by atoms with van der Waals surface area (Å²) in [5.74, 6) is 1.29. The van der Waals surface area contributed by atoms with Gasteiger partial charge in [0.1, 0.15) is 22.3 Å². The van der Waals surface area contributed by atoms with Gasteiger partial charge >= 0.3 is 0 Å². The van der Waals surface area contributed by atoms with Crippen LogP contribution in [0.2, 0.25) is 0 Å². The molecule has 0 radical (unpaired) electrons. The zero-order valence-corrected chi connectivity index (χ0v) is 27.2. The molecule has 1 atom stereocenters. The van der Waals surface area contributed by atoms with Gasteiger partial charge in [-0.25, -0.2) is 0 Å². The fraction of sp³-hybridized carbons (Fsp3) is 0.0222. The van der Waals surface area contributed by atoms with E-state index in [2.05, 4.69) is 95.6 Å². The van der Waals surface area contributed by atoms with Crippen molar-refractivity contribution in [2.45, 2.75) is 6.17 Å². The molecule has 0 saturated heterocycles. The van der Waals surface area contributed by atoms with E-state index in [1.807, 2.05) is 66.7 Å². The lowest BCUT2D eigenvalue weighted by molar-refractivity contribution is 0.668. The van der Waals surface area contributed by atoms with Gasteiger partial charge in [-0.3, -0.25) is 4.99 Å². The lowest BCUT2D eigenvalue weighted by atomic mass is 10.1. The van der Waals surface area contributed by atoms with E-state index >= 15 is 0 Å². The molecule has 3 aromatic heterocycles. The molecular weight excluding hydrogens is 629 g/mol. The molecule has 0 bridgehead atoms. The average molecular weight is 656 g/mol. The molecule has 10 aromatic rings. The number of benzene rings is 7. The van der Waals surface area contributed by atoms with Crippen molar-refractivity contribution in [1.82, 2.24) is 4.57 Å². The molecule has 0 N–H and O–H groups in total. The molecule has 51 heavy (non-hydrogen) atoms. The molecule has 6 nitrogen and oxygen atoms in total. The predicted octanol–water partition coefficient (Wildman–Crippen LogP) is 11.9. The maximum Gasteiger partial charge on any atom is 0.145 e. The highest BCUT2D eigenvalue weighted by Gasteiger charge is 2.20. The summed E-state index contributed by atoms with van der Waals surface area (Å²) in [6.45, 7) is 0. The first-order valence-electron chi connectivity index (χ1n) is 17.0. The summed E-state index contributed by atoms with van der Waals surface area (Å²) in [5, 5.41) is 11.6. The van der Waals surface area contributed by atoms with Gasteiger partial charge in [0.05, 0.1) is 28.4 Å². The van der Waals surface area contributed by atoms with Crippen LogP contribution >= 0.6 is 0 Å². The summed E-state index contributed by atoms with van der Waals surface area (Å²) in [6, 6.07) is 54.1. The first kappa shape index (κ1) is 28.0. The second-order valence-corrected chi connectivity index (χ2v) is 12.9. The van der Waals surface area contributed by atoms with Gasteiger partial charge in [0.25, 0.3) is 0 Å². The maximum atomic E-state index is 6.51. The summed E-state index contributed by atoms with van der Waals surface area (Å²) >= 11 is 0. The molecule has 11 rings (SSSR count). The lowest BCUT2D eigenvalue weighted by Gasteiger charge is -2.32. The molecule has 0 amide bonds. The predicted molar refractivity (Wildman–Crippen MR) is 207 cm³/mol. The van der Waals surface area contributed by atoms with E-state index in [0.29, 0.717) is 11.7 Å². The number of fused-ring (bicyclic) bond motifs is 10.